The van der Waals surface area contributed by atoms with Gasteiger partial charge in [0.2, 0.25) is 0 Å². The van der Waals surface area contributed by atoms with Crippen LogP contribution >= 0.6 is 0 Å². The molecule has 0 spiro atoms. The molecule has 0 unspecified atom stereocenters. The van der Waals surface area contributed by atoms with Gasteiger partial charge >= 0.3 is 0 Å². The smallest absolute Gasteiger partial charge is 0.274 e. The average Bonchev–Trinajstić information content (AvgIpc) is 2.69. The molecule has 0 atom stereocenters. The fraction of sp³-hybridized carbons (Fsp3) is 0.143. The summed E-state index contributed by atoms with van der Waals surface area (Å²) in [4.78, 5) is 16.6. The Morgan fingerprint density at radius 3 is 2.50 bits per heavy atom. The van der Waals surface area contributed by atoms with Gasteiger partial charge in [-0.1, -0.05) is 30.3 Å². The van der Waals surface area contributed by atoms with Crippen molar-refractivity contribution in [1.82, 2.24) is 4.98 Å². The Morgan fingerprint density at radius 2 is 1.77 bits per heavy atom. The molecule has 1 heterocycles. The number of anilines is 2. The first-order valence-electron chi connectivity index (χ1n) is 8.52. The molecular weight excluding hydrogens is 326 g/mol. The van der Waals surface area contributed by atoms with Crippen molar-refractivity contribution in [3.05, 3.63) is 84.2 Å². The van der Waals surface area contributed by atoms with Gasteiger partial charge in [-0.3, -0.25) is 9.78 Å². The van der Waals surface area contributed by atoms with Crippen LogP contribution in [0.2, 0.25) is 0 Å². The van der Waals surface area contributed by atoms with E-state index in [0.717, 1.165) is 11.4 Å². The van der Waals surface area contributed by atoms with Crippen molar-refractivity contribution in [1.29, 1.82) is 0 Å². The normalized spacial score (nSPS) is 10.2. The predicted octanol–water partition coefficient (Wildman–Crippen LogP) is 4.34. The topological polar surface area (TPSA) is 63.2 Å². The van der Waals surface area contributed by atoms with Crippen LogP contribution in [0, 0.1) is 0 Å². The minimum absolute atomic E-state index is 0.252. The summed E-state index contributed by atoms with van der Waals surface area (Å²) in [5.74, 6) is 0.522. The third kappa shape index (κ3) is 4.83. The van der Waals surface area contributed by atoms with E-state index in [9.17, 15) is 4.79 Å². The Kier molecular flexibility index (Phi) is 5.83. The van der Waals surface area contributed by atoms with Crippen LogP contribution in [-0.2, 0) is 6.54 Å². The molecule has 2 N–H and O–H groups in total. The number of carbonyl (C=O) groups is 1. The van der Waals surface area contributed by atoms with Crippen LogP contribution in [0.5, 0.6) is 5.75 Å². The molecule has 1 amide bonds. The van der Waals surface area contributed by atoms with Crippen LogP contribution < -0.4 is 15.4 Å². The van der Waals surface area contributed by atoms with Crippen LogP contribution in [0.1, 0.15) is 23.0 Å². The summed E-state index contributed by atoms with van der Waals surface area (Å²) in [5.41, 5.74) is 3.07. The highest BCUT2D eigenvalue weighted by atomic mass is 16.5. The molecule has 0 saturated heterocycles. The molecule has 3 rings (SSSR count). The summed E-state index contributed by atoms with van der Waals surface area (Å²) in [6, 6.07) is 20.9. The minimum Gasteiger partial charge on any atom is -0.494 e. The van der Waals surface area contributed by atoms with E-state index in [-0.39, 0.29) is 5.91 Å². The molecule has 1 aromatic heterocycles. The number of nitrogens with zero attached hydrogens (tertiary/aromatic N) is 1. The van der Waals surface area contributed by atoms with Gasteiger partial charge in [0.1, 0.15) is 11.4 Å². The molecule has 0 aliphatic rings. The quantitative estimate of drug-likeness (QED) is 0.667. The molecule has 0 bridgehead atoms. The van der Waals surface area contributed by atoms with Gasteiger partial charge in [0.15, 0.2) is 0 Å². The largest absolute Gasteiger partial charge is 0.494 e. The van der Waals surface area contributed by atoms with Crippen molar-refractivity contribution in [2.24, 2.45) is 0 Å². The van der Waals surface area contributed by atoms with Crippen molar-refractivity contribution in [2.45, 2.75) is 13.5 Å². The second kappa shape index (κ2) is 8.67. The standard InChI is InChI=1S/C21H21N3O2/c1-2-26-19-10-8-17(9-11-19)24-21(25)20-14-18(12-13-22-20)23-15-16-6-4-3-5-7-16/h3-14H,2,15H2,1H3,(H,22,23)(H,24,25). The summed E-state index contributed by atoms with van der Waals surface area (Å²) in [7, 11) is 0. The molecule has 26 heavy (non-hydrogen) atoms. The molecule has 132 valence electrons. The lowest BCUT2D eigenvalue weighted by Crippen LogP contribution is -2.14. The van der Waals surface area contributed by atoms with Gasteiger partial charge in [-0.2, -0.15) is 0 Å². The Morgan fingerprint density at radius 1 is 1.00 bits per heavy atom. The number of benzene rings is 2. The zero-order valence-electron chi connectivity index (χ0n) is 14.6. The number of ether oxygens (including phenoxy) is 1. The second-order valence-electron chi connectivity index (χ2n) is 5.68. The highest BCUT2D eigenvalue weighted by molar-refractivity contribution is 6.03. The molecule has 5 heteroatoms. The summed E-state index contributed by atoms with van der Waals surface area (Å²) in [6.07, 6.45) is 1.63. The van der Waals surface area contributed by atoms with Crippen molar-refractivity contribution < 1.29 is 9.53 Å². The Bertz CT molecular complexity index is 849. The summed E-state index contributed by atoms with van der Waals surface area (Å²) >= 11 is 0. The van der Waals surface area contributed by atoms with Crippen molar-refractivity contribution >= 4 is 17.3 Å². The minimum atomic E-state index is -0.252. The Labute approximate surface area is 153 Å². The van der Waals surface area contributed by atoms with E-state index in [1.807, 2.05) is 55.5 Å². The first kappa shape index (κ1) is 17.5. The van der Waals surface area contributed by atoms with Gasteiger partial charge < -0.3 is 15.4 Å². The van der Waals surface area contributed by atoms with Crippen LogP contribution in [0.3, 0.4) is 0 Å². The van der Waals surface area contributed by atoms with E-state index in [0.29, 0.717) is 24.5 Å². The lowest BCUT2D eigenvalue weighted by molar-refractivity contribution is 0.102. The molecule has 0 fully saturated rings. The highest BCUT2D eigenvalue weighted by Crippen LogP contribution is 2.17. The maximum absolute atomic E-state index is 12.4. The molecular formula is C21H21N3O2. The van der Waals surface area contributed by atoms with E-state index < -0.39 is 0 Å². The third-order valence-electron chi connectivity index (χ3n) is 3.76. The fourth-order valence-corrected chi connectivity index (χ4v) is 2.46. The van der Waals surface area contributed by atoms with Crippen molar-refractivity contribution in [2.75, 3.05) is 17.2 Å². The molecule has 0 radical (unpaired) electrons. The van der Waals surface area contributed by atoms with E-state index >= 15 is 0 Å². The number of carbonyl (C=O) groups excluding carboxylic acids is 1. The Hall–Kier alpha value is -3.34. The Balaban J connectivity index is 1.62. The van der Waals surface area contributed by atoms with Crippen LogP contribution in [-0.4, -0.2) is 17.5 Å². The van der Waals surface area contributed by atoms with Gasteiger partial charge in [0.05, 0.1) is 6.61 Å². The van der Waals surface area contributed by atoms with Crippen molar-refractivity contribution in [3.8, 4) is 5.75 Å². The number of amides is 1. The summed E-state index contributed by atoms with van der Waals surface area (Å²) in [6.45, 7) is 3.23. The van der Waals surface area contributed by atoms with E-state index in [4.69, 9.17) is 4.74 Å². The highest BCUT2D eigenvalue weighted by Gasteiger charge is 2.09. The van der Waals surface area contributed by atoms with E-state index in [2.05, 4.69) is 15.6 Å². The fourth-order valence-electron chi connectivity index (χ4n) is 2.46. The molecule has 2 aromatic carbocycles. The first-order chi connectivity index (χ1) is 12.7. The number of hydrogen-bond donors (Lipinski definition) is 2. The van der Waals surface area contributed by atoms with Gasteiger partial charge in [0, 0.05) is 24.1 Å². The van der Waals surface area contributed by atoms with Crippen molar-refractivity contribution in [3.63, 3.8) is 0 Å². The van der Waals surface area contributed by atoms with Crippen LogP contribution in [0.4, 0.5) is 11.4 Å². The van der Waals surface area contributed by atoms with Gasteiger partial charge in [-0.25, -0.2) is 0 Å². The number of pyridine rings is 1. The van der Waals surface area contributed by atoms with Crippen LogP contribution in [0.15, 0.2) is 72.9 Å². The lowest BCUT2D eigenvalue weighted by Gasteiger charge is -2.09. The van der Waals surface area contributed by atoms with Crippen LogP contribution in [0.25, 0.3) is 0 Å². The third-order valence-corrected chi connectivity index (χ3v) is 3.76. The number of aromatic nitrogens is 1. The monoisotopic (exact) mass is 347 g/mol. The van der Waals surface area contributed by atoms with Gasteiger partial charge in [-0.05, 0) is 48.9 Å². The van der Waals surface area contributed by atoms with Gasteiger partial charge in [0.25, 0.3) is 5.91 Å². The number of hydrogen-bond acceptors (Lipinski definition) is 4. The summed E-state index contributed by atoms with van der Waals surface area (Å²) < 4.78 is 5.40. The lowest BCUT2D eigenvalue weighted by atomic mass is 10.2. The number of rotatable bonds is 7. The zero-order valence-corrected chi connectivity index (χ0v) is 14.6. The maximum Gasteiger partial charge on any atom is 0.274 e. The molecule has 0 aliphatic heterocycles. The zero-order chi connectivity index (χ0) is 18.2. The van der Waals surface area contributed by atoms with E-state index in [1.165, 1.54) is 5.56 Å². The average molecular weight is 347 g/mol. The van der Waals surface area contributed by atoms with E-state index in [1.54, 1.807) is 24.4 Å². The molecule has 3 aromatic rings. The molecule has 0 aliphatic carbocycles. The predicted molar refractivity (Wildman–Crippen MR) is 104 cm³/mol. The SMILES string of the molecule is CCOc1ccc(NC(=O)c2cc(NCc3ccccc3)ccn2)cc1. The first-order valence-corrected chi connectivity index (χ1v) is 8.52. The molecule has 0 saturated carbocycles. The number of nitrogens with one attached hydrogen (secondary N) is 2. The second-order valence-corrected chi connectivity index (χ2v) is 5.68. The summed E-state index contributed by atoms with van der Waals surface area (Å²) in [5, 5.41) is 6.15. The maximum atomic E-state index is 12.4. The molecule has 5 nitrogen and oxygen atoms in total. The van der Waals surface area contributed by atoms with Gasteiger partial charge in [-0.15, -0.1) is 0 Å².